The second-order valence-corrected chi connectivity index (χ2v) is 5.71. The van der Waals surface area contributed by atoms with Gasteiger partial charge in [0.1, 0.15) is 5.82 Å². The fourth-order valence-corrected chi connectivity index (χ4v) is 2.94. The molecule has 1 aliphatic rings. The summed E-state index contributed by atoms with van der Waals surface area (Å²) < 4.78 is 13.7. The van der Waals surface area contributed by atoms with Crippen molar-refractivity contribution in [1.29, 1.82) is 0 Å². The van der Waals surface area contributed by atoms with Gasteiger partial charge in [0, 0.05) is 0 Å². The number of rotatable bonds is 2. The van der Waals surface area contributed by atoms with Gasteiger partial charge in [-0.25, -0.2) is 4.39 Å². The molecule has 3 aromatic carbocycles. The summed E-state index contributed by atoms with van der Waals surface area (Å²) in [7, 11) is 0. The predicted octanol–water partition coefficient (Wildman–Crippen LogP) is 4.73. The highest BCUT2D eigenvalue weighted by atomic mass is 19.1. The lowest BCUT2D eigenvalue weighted by Crippen LogP contribution is -2.29. The number of halogens is 1. The lowest BCUT2D eigenvalue weighted by atomic mass is 10.1. The maximum Gasteiger partial charge on any atom is 0.260 e. The van der Waals surface area contributed by atoms with Crippen LogP contribution in [0.1, 0.15) is 15.9 Å². The zero-order chi connectivity index (χ0) is 16.5. The summed E-state index contributed by atoms with van der Waals surface area (Å²) in [5.41, 5.74) is 3.57. The molecule has 0 bridgehead atoms. The Bertz CT molecular complexity index is 909. The molecule has 1 amide bonds. The van der Waals surface area contributed by atoms with Gasteiger partial charge in [-0.3, -0.25) is 4.79 Å². The first kappa shape index (κ1) is 14.5. The van der Waals surface area contributed by atoms with Gasteiger partial charge in [0.05, 0.1) is 29.2 Å². The van der Waals surface area contributed by atoms with Crippen LogP contribution >= 0.6 is 0 Å². The maximum atomic E-state index is 13.7. The Kier molecular flexibility index (Phi) is 3.50. The van der Waals surface area contributed by atoms with E-state index < -0.39 is 5.82 Å². The van der Waals surface area contributed by atoms with E-state index in [0.29, 0.717) is 17.8 Å². The zero-order valence-corrected chi connectivity index (χ0v) is 12.9. The molecule has 0 aliphatic carbocycles. The molecule has 3 nitrogen and oxygen atoms in total. The number of amides is 1. The summed E-state index contributed by atoms with van der Waals surface area (Å²) >= 11 is 0. The second kappa shape index (κ2) is 5.81. The smallest absolute Gasteiger partial charge is 0.260 e. The fraction of sp³-hybridized carbons (Fsp3) is 0.0500. The molecular formula is C20H15FN2O. The fourth-order valence-electron chi connectivity index (χ4n) is 2.94. The molecule has 4 rings (SSSR count). The molecule has 0 spiro atoms. The number of hydrogen-bond acceptors (Lipinski definition) is 2. The van der Waals surface area contributed by atoms with Crippen molar-refractivity contribution in [3.8, 4) is 0 Å². The van der Waals surface area contributed by atoms with Crippen LogP contribution in [0.5, 0.6) is 0 Å². The third kappa shape index (κ3) is 2.52. The van der Waals surface area contributed by atoms with Gasteiger partial charge in [-0.2, -0.15) is 0 Å². The first-order valence-electron chi connectivity index (χ1n) is 7.74. The SMILES string of the molecule is O=C1c2cc(F)ccc2Nc2ccccc2N1Cc1ccccc1. The van der Waals surface area contributed by atoms with Crippen LogP contribution in [0.2, 0.25) is 0 Å². The molecule has 1 heterocycles. The van der Waals surface area contributed by atoms with Gasteiger partial charge in [0.25, 0.3) is 5.91 Å². The van der Waals surface area contributed by atoms with E-state index in [0.717, 1.165) is 16.9 Å². The van der Waals surface area contributed by atoms with Crippen LogP contribution in [-0.2, 0) is 6.54 Å². The number of carbonyl (C=O) groups is 1. The van der Waals surface area contributed by atoms with Crippen molar-refractivity contribution in [2.24, 2.45) is 0 Å². The molecule has 3 aromatic rings. The van der Waals surface area contributed by atoms with Crippen molar-refractivity contribution < 1.29 is 9.18 Å². The Balaban J connectivity index is 1.85. The first-order valence-corrected chi connectivity index (χ1v) is 7.74. The summed E-state index contributed by atoms with van der Waals surface area (Å²) in [6.07, 6.45) is 0. The van der Waals surface area contributed by atoms with Gasteiger partial charge in [-0.15, -0.1) is 0 Å². The molecule has 1 aliphatic heterocycles. The molecule has 0 saturated carbocycles. The number of nitrogens with zero attached hydrogens (tertiary/aromatic N) is 1. The van der Waals surface area contributed by atoms with E-state index in [1.165, 1.54) is 12.1 Å². The van der Waals surface area contributed by atoms with Crippen LogP contribution in [-0.4, -0.2) is 5.91 Å². The monoisotopic (exact) mass is 318 g/mol. The van der Waals surface area contributed by atoms with Gasteiger partial charge >= 0.3 is 0 Å². The lowest BCUT2D eigenvalue weighted by molar-refractivity contribution is 0.0986. The van der Waals surface area contributed by atoms with E-state index in [2.05, 4.69) is 5.32 Å². The third-order valence-electron chi connectivity index (χ3n) is 4.10. The highest BCUT2D eigenvalue weighted by Crippen LogP contribution is 2.36. The Labute approximate surface area is 139 Å². The standard InChI is InChI=1S/C20H15FN2O/c21-15-10-11-17-16(12-15)20(24)23(13-14-6-2-1-3-7-14)19-9-5-4-8-18(19)22-17/h1-12,22H,13H2. The van der Waals surface area contributed by atoms with Crippen molar-refractivity contribution >= 4 is 23.0 Å². The van der Waals surface area contributed by atoms with E-state index in [1.54, 1.807) is 11.0 Å². The van der Waals surface area contributed by atoms with E-state index >= 15 is 0 Å². The average Bonchev–Trinajstić information content (AvgIpc) is 2.72. The zero-order valence-electron chi connectivity index (χ0n) is 12.9. The van der Waals surface area contributed by atoms with Crippen molar-refractivity contribution in [2.75, 3.05) is 10.2 Å². The van der Waals surface area contributed by atoms with Crippen LogP contribution in [0.25, 0.3) is 0 Å². The highest BCUT2D eigenvalue weighted by molar-refractivity contribution is 6.13. The average molecular weight is 318 g/mol. The van der Waals surface area contributed by atoms with Crippen LogP contribution in [0.4, 0.5) is 21.5 Å². The van der Waals surface area contributed by atoms with Crippen LogP contribution in [0.3, 0.4) is 0 Å². The number of benzene rings is 3. The van der Waals surface area contributed by atoms with Crippen molar-refractivity contribution in [1.82, 2.24) is 0 Å². The quantitative estimate of drug-likeness (QED) is 0.741. The first-order chi connectivity index (χ1) is 11.7. The van der Waals surface area contributed by atoms with Crippen molar-refractivity contribution in [3.63, 3.8) is 0 Å². The minimum absolute atomic E-state index is 0.217. The van der Waals surface area contributed by atoms with Gasteiger partial charge in [-0.05, 0) is 35.9 Å². The van der Waals surface area contributed by atoms with Crippen LogP contribution < -0.4 is 10.2 Å². The summed E-state index contributed by atoms with van der Waals surface area (Å²) in [5, 5.41) is 3.25. The van der Waals surface area contributed by atoms with E-state index in [9.17, 15) is 9.18 Å². The maximum absolute atomic E-state index is 13.7. The summed E-state index contributed by atoms with van der Waals surface area (Å²) in [5.74, 6) is -0.639. The number of para-hydroxylation sites is 2. The molecule has 4 heteroatoms. The van der Waals surface area contributed by atoms with Gasteiger partial charge in [0.15, 0.2) is 0 Å². The number of hydrogen-bond donors (Lipinski definition) is 1. The van der Waals surface area contributed by atoms with Crippen molar-refractivity contribution in [2.45, 2.75) is 6.54 Å². The second-order valence-electron chi connectivity index (χ2n) is 5.71. The molecule has 0 radical (unpaired) electrons. The van der Waals surface area contributed by atoms with Crippen LogP contribution in [0, 0.1) is 5.82 Å². The third-order valence-corrected chi connectivity index (χ3v) is 4.10. The van der Waals surface area contributed by atoms with Gasteiger partial charge in [-0.1, -0.05) is 42.5 Å². The Morgan fingerprint density at radius 3 is 2.46 bits per heavy atom. The lowest BCUT2D eigenvalue weighted by Gasteiger charge is -2.23. The number of anilines is 3. The van der Waals surface area contributed by atoms with E-state index in [4.69, 9.17) is 0 Å². The Hall–Kier alpha value is -3.14. The summed E-state index contributed by atoms with van der Waals surface area (Å²) in [6.45, 7) is 0.425. The van der Waals surface area contributed by atoms with E-state index in [1.807, 2.05) is 54.6 Å². The largest absolute Gasteiger partial charge is 0.353 e. The molecule has 1 N–H and O–H groups in total. The number of carbonyl (C=O) groups excluding carboxylic acids is 1. The number of fused-ring (bicyclic) bond motifs is 2. The molecule has 118 valence electrons. The molecule has 0 fully saturated rings. The molecular weight excluding hydrogens is 303 g/mol. The number of nitrogens with one attached hydrogen (secondary N) is 1. The summed E-state index contributed by atoms with van der Waals surface area (Å²) in [4.78, 5) is 14.8. The molecule has 0 unspecified atom stereocenters. The van der Waals surface area contributed by atoms with Crippen LogP contribution in [0.15, 0.2) is 72.8 Å². The molecule has 0 saturated heterocycles. The predicted molar refractivity (Wildman–Crippen MR) is 93.1 cm³/mol. The van der Waals surface area contributed by atoms with Crippen molar-refractivity contribution in [3.05, 3.63) is 89.7 Å². The van der Waals surface area contributed by atoms with E-state index in [-0.39, 0.29) is 5.91 Å². The highest BCUT2D eigenvalue weighted by Gasteiger charge is 2.27. The normalized spacial score (nSPS) is 12.9. The molecule has 0 aromatic heterocycles. The van der Waals surface area contributed by atoms with Gasteiger partial charge < -0.3 is 10.2 Å². The topological polar surface area (TPSA) is 32.3 Å². The minimum Gasteiger partial charge on any atom is -0.353 e. The minimum atomic E-state index is -0.422. The summed E-state index contributed by atoms with van der Waals surface area (Å²) in [6, 6.07) is 21.6. The van der Waals surface area contributed by atoms with Gasteiger partial charge in [0.2, 0.25) is 0 Å². The molecule has 24 heavy (non-hydrogen) atoms. The Morgan fingerprint density at radius 2 is 1.62 bits per heavy atom. The Morgan fingerprint density at radius 1 is 0.875 bits per heavy atom. The molecule has 0 atom stereocenters.